The number of nitrogens with zero attached hydrogens (tertiary/aromatic N) is 3. The molecule has 3 heterocycles. The molecule has 0 radical (unpaired) electrons. The normalized spacial score (nSPS) is 10.6. The van der Waals surface area contributed by atoms with Crippen LogP contribution in [0.1, 0.15) is 0 Å². The Labute approximate surface area is 103 Å². The average molecular weight is 242 g/mol. The molecule has 0 fully saturated rings. The molecule has 0 aliphatic rings. The molecule has 4 heteroatoms. The van der Waals surface area contributed by atoms with Crippen molar-refractivity contribution in [3.05, 3.63) is 54.1 Å². The van der Waals surface area contributed by atoms with E-state index in [9.17, 15) is 0 Å². The van der Waals surface area contributed by atoms with Crippen molar-refractivity contribution < 1.29 is 0 Å². The van der Waals surface area contributed by atoms with E-state index in [0.29, 0.717) is 5.15 Å². The highest BCUT2D eigenvalue weighted by molar-refractivity contribution is 6.34. The minimum Gasteiger partial charge on any atom is -0.264 e. The molecule has 0 spiro atoms. The maximum atomic E-state index is 5.99. The van der Waals surface area contributed by atoms with Crippen LogP contribution in [0.2, 0.25) is 5.15 Å². The molecule has 3 rings (SSSR count). The SMILES string of the molecule is Clc1nccc2nc(-c3cccnc3)ccc12. The predicted molar refractivity (Wildman–Crippen MR) is 67.8 cm³/mol. The maximum Gasteiger partial charge on any atom is 0.138 e. The summed E-state index contributed by atoms with van der Waals surface area (Å²) in [4.78, 5) is 12.6. The summed E-state index contributed by atoms with van der Waals surface area (Å²) in [6, 6.07) is 9.57. The van der Waals surface area contributed by atoms with Gasteiger partial charge in [0, 0.05) is 29.5 Å². The van der Waals surface area contributed by atoms with Crippen molar-refractivity contribution in [3.63, 3.8) is 0 Å². The summed E-state index contributed by atoms with van der Waals surface area (Å²) < 4.78 is 0. The molecule has 0 saturated carbocycles. The number of hydrogen-bond donors (Lipinski definition) is 0. The molecule has 0 unspecified atom stereocenters. The Hall–Kier alpha value is -2.00. The molecule has 0 N–H and O–H groups in total. The van der Waals surface area contributed by atoms with Crippen molar-refractivity contribution >= 4 is 22.5 Å². The van der Waals surface area contributed by atoms with Crippen molar-refractivity contribution in [1.29, 1.82) is 0 Å². The third-order valence-corrected chi connectivity index (χ3v) is 2.83. The van der Waals surface area contributed by atoms with E-state index in [1.165, 1.54) is 0 Å². The van der Waals surface area contributed by atoms with Gasteiger partial charge in [0.1, 0.15) is 5.15 Å². The van der Waals surface area contributed by atoms with E-state index in [-0.39, 0.29) is 0 Å². The van der Waals surface area contributed by atoms with Crippen molar-refractivity contribution in [1.82, 2.24) is 15.0 Å². The van der Waals surface area contributed by atoms with E-state index >= 15 is 0 Å². The zero-order chi connectivity index (χ0) is 11.7. The van der Waals surface area contributed by atoms with Gasteiger partial charge in [-0.15, -0.1) is 0 Å². The Balaban J connectivity index is 2.21. The molecule has 0 saturated heterocycles. The van der Waals surface area contributed by atoms with E-state index in [2.05, 4.69) is 15.0 Å². The minimum atomic E-state index is 0.479. The van der Waals surface area contributed by atoms with Gasteiger partial charge in [-0.25, -0.2) is 9.97 Å². The summed E-state index contributed by atoms with van der Waals surface area (Å²) in [5, 5.41) is 1.34. The third kappa shape index (κ3) is 1.85. The highest BCUT2D eigenvalue weighted by atomic mass is 35.5. The summed E-state index contributed by atoms with van der Waals surface area (Å²) in [6.45, 7) is 0. The van der Waals surface area contributed by atoms with Gasteiger partial charge in [0.15, 0.2) is 0 Å². The van der Waals surface area contributed by atoms with Crippen LogP contribution in [0.4, 0.5) is 0 Å². The Bertz CT molecular complexity index is 668. The van der Waals surface area contributed by atoms with E-state index < -0.39 is 0 Å². The molecular weight excluding hydrogens is 234 g/mol. The van der Waals surface area contributed by atoms with Gasteiger partial charge >= 0.3 is 0 Å². The van der Waals surface area contributed by atoms with Gasteiger partial charge in [-0.05, 0) is 30.3 Å². The first-order chi connectivity index (χ1) is 8.34. The quantitative estimate of drug-likeness (QED) is 0.614. The van der Waals surface area contributed by atoms with Crippen LogP contribution >= 0.6 is 11.6 Å². The second-order valence-corrected chi connectivity index (χ2v) is 3.96. The molecular formula is C13H8ClN3. The maximum absolute atomic E-state index is 5.99. The van der Waals surface area contributed by atoms with Gasteiger partial charge in [-0.1, -0.05) is 11.6 Å². The second-order valence-electron chi connectivity index (χ2n) is 3.61. The molecule has 0 atom stereocenters. The fourth-order valence-electron chi connectivity index (χ4n) is 1.69. The largest absolute Gasteiger partial charge is 0.264 e. The second kappa shape index (κ2) is 4.11. The summed E-state index contributed by atoms with van der Waals surface area (Å²) in [5.74, 6) is 0. The van der Waals surface area contributed by atoms with E-state index in [4.69, 9.17) is 11.6 Å². The van der Waals surface area contributed by atoms with E-state index in [0.717, 1.165) is 22.2 Å². The van der Waals surface area contributed by atoms with Crippen molar-refractivity contribution in [2.75, 3.05) is 0 Å². The Morgan fingerprint density at radius 3 is 2.76 bits per heavy atom. The summed E-state index contributed by atoms with van der Waals surface area (Å²) in [7, 11) is 0. The lowest BCUT2D eigenvalue weighted by molar-refractivity contribution is 1.29. The molecule has 0 aliphatic heterocycles. The van der Waals surface area contributed by atoms with Crippen LogP contribution < -0.4 is 0 Å². The molecule has 0 aliphatic carbocycles. The zero-order valence-electron chi connectivity index (χ0n) is 8.84. The first kappa shape index (κ1) is 10.2. The predicted octanol–water partition coefficient (Wildman–Crippen LogP) is 3.35. The lowest BCUT2D eigenvalue weighted by atomic mass is 10.1. The van der Waals surface area contributed by atoms with Crippen LogP contribution in [0.5, 0.6) is 0 Å². The molecule has 0 bridgehead atoms. The van der Waals surface area contributed by atoms with Crippen LogP contribution in [0.25, 0.3) is 22.2 Å². The topological polar surface area (TPSA) is 38.7 Å². The van der Waals surface area contributed by atoms with Crippen molar-refractivity contribution in [2.45, 2.75) is 0 Å². The van der Waals surface area contributed by atoms with Gasteiger partial charge in [0.2, 0.25) is 0 Å². The fourth-order valence-corrected chi connectivity index (χ4v) is 1.91. The Kier molecular flexibility index (Phi) is 2.46. The van der Waals surface area contributed by atoms with Crippen LogP contribution in [-0.4, -0.2) is 15.0 Å². The number of fused-ring (bicyclic) bond motifs is 1. The first-order valence-corrected chi connectivity index (χ1v) is 5.54. The lowest BCUT2D eigenvalue weighted by Gasteiger charge is -2.03. The fraction of sp³-hybridized carbons (Fsp3) is 0. The standard InChI is InChI=1S/C13H8ClN3/c14-13-10-3-4-11(9-2-1-6-15-8-9)17-12(10)5-7-16-13/h1-8H. The van der Waals surface area contributed by atoms with E-state index in [1.54, 1.807) is 18.6 Å². The Morgan fingerprint density at radius 1 is 1.00 bits per heavy atom. The van der Waals surface area contributed by atoms with Crippen LogP contribution in [-0.2, 0) is 0 Å². The molecule has 0 aromatic carbocycles. The number of halogens is 1. The van der Waals surface area contributed by atoms with Crippen LogP contribution in [0.15, 0.2) is 48.9 Å². The highest BCUT2D eigenvalue weighted by Crippen LogP contribution is 2.23. The summed E-state index contributed by atoms with van der Waals surface area (Å²) in [6.07, 6.45) is 5.19. The van der Waals surface area contributed by atoms with Gasteiger partial charge in [-0.2, -0.15) is 0 Å². The third-order valence-electron chi connectivity index (χ3n) is 2.52. The highest BCUT2D eigenvalue weighted by Gasteiger charge is 2.04. The van der Waals surface area contributed by atoms with Gasteiger partial charge < -0.3 is 0 Å². The van der Waals surface area contributed by atoms with Crippen molar-refractivity contribution in [3.8, 4) is 11.3 Å². The summed E-state index contributed by atoms with van der Waals surface area (Å²) in [5.41, 5.74) is 2.71. The number of rotatable bonds is 1. The van der Waals surface area contributed by atoms with Crippen LogP contribution in [0.3, 0.4) is 0 Å². The van der Waals surface area contributed by atoms with E-state index in [1.807, 2.05) is 30.3 Å². The molecule has 3 aromatic rings. The smallest absolute Gasteiger partial charge is 0.138 e. The van der Waals surface area contributed by atoms with Gasteiger partial charge in [-0.3, -0.25) is 4.98 Å². The minimum absolute atomic E-state index is 0.479. The number of pyridine rings is 3. The average Bonchev–Trinajstić information content (AvgIpc) is 2.40. The molecule has 17 heavy (non-hydrogen) atoms. The molecule has 82 valence electrons. The molecule has 0 amide bonds. The van der Waals surface area contributed by atoms with Gasteiger partial charge in [0.25, 0.3) is 0 Å². The monoisotopic (exact) mass is 241 g/mol. The van der Waals surface area contributed by atoms with Crippen LogP contribution in [0, 0.1) is 0 Å². The number of hydrogen-bond acceptors (Lipinski definition) is 3. The lowest BCUT2D eigenvalue weighted by Crippen LogP contribution is -1.87. The molecule has 3 aromatic heterocycles. The number of aromatic nitrogens is 3. The van der Waals surface area contributed by atoms with Crippen molar-refractivity contribution in [2.24, 2.45) is 0 Å². The first-order valence-electron chi connectivity index (χ1n) is 5.16. The Morgan fingerprint density at radius 2 is 1.94 bits per heavy atom. The summed E-state index contributed by atoms with van der Waals surface area (Å²) >= 11 is 5.99. The zero-order valence-corrected chi connectivity index (χ0v) is 9.59. The van der Waals surface area contributed by atoms with Gasteiger partial charge in [0.05, 0.1) is 11.2 Å². The molecule has 3 nitrogen and oxygen atoms in total.